The number of carbonyl (C=O) groups is 2. The summed E-state index contributed by atoms with van der Waals surface area (Å²) in [5.41, 5.74) is 0. The summed E-state index contributed by atoms with van der Waals surface area (Å²) in [6.07, 6.45) is 78.5. The van der Waals surface area contributed by atoms with Gasteiger partial charge in [0.1, 0.15) is 19.8 Å². The molecule has 2 unspecified atom stereocenters. The van der Waals surface area contributed by atoms with Gasteiger partial charge in [-0.1, -0.05) is 273 Å². The largest absolute Gasteiger partial charge is 0.756 e. The second-order valence-corrected chi connectivity index (χ2v) is 24.5. The van der Waals surface area contributed by atoms with Crippen molar-refractivity contribution < 1.29 is 42.1 Å². The molecule has 0 fully saturated rings. The standard InChI is InChI=1S/C68H124NO8P/c1-6-8-10-12-14-16-18-20-22-24-26-27-28-29-30-31-32-33-34-35-36-37-38-39-40-41-43-44-46-48-50-52-54-56-58-60-67(70)74-64-66(65-76-78(72,73)75-63-62-69(3,4)5)77-68(71)61-59-57-55-53-51-49-47-45-42-25-23-21-19-17-15-13-11-9-7-2/h9,11,15,17,21,23-24,26,42,45,49,51,66H,6-8,10,12-14,16,18-20,22,25,27-41,43-44,46-48,50,52-65H2,1-5H3/b11-9-,17-15-,23-21-,26-24-,45-42-,51-49-. The first-order chi connectivity index (χ1) is 38.0. The quantitative estimate of drug-likeness (QED) is 0.0195. The van der Waals surface area contributed by atoms with Crippen LogP contribution in [0.4, 0.5) is 0 Å². The zero-order valence-corrected chi connectivity index (χ0v) is 52.5. The lowest BCUT2D eigenvalue weighted by Gasteiger charge is -2.28. The number of quaternary nitrogens is 1. The molecule has 454 valence electrons. The summed E-state index contributed by atoms with van der Waals surface area (Å²) in [5, 5.41) is 0. The van der Waals surface area contributed by atoms with Gasteiger partial charge < -0.3 is 27.9 Å². The van der Waals surface area contributed by atoms with Gasteiger partial charge in [-0.25, -0.2) is 0 Å². The molecule has 0 heterocycles. The van der Waals surface area contributed by atoms with Gasteiger partial charge in [-0.3, -0.25) is 14.2 Å². The number of ether oxygens (including phenoxy) is 2. The average Bonchev–Trinajstić information content (AvgIpc) is 3.41. The topological polar surface area (TPSA) is 111 Å². The Bertz CT molecular complexity index is 1550. The first-order valence-corrected chi connectivity index (χ1v) is 34.1. The molecule has 0 bridgehead atoms. The number of allylic oxidation sites excluding steroid dienone is 12. The lowest BCUT2D eigenvalue weighted by molar-refractivity contribution is -0.870. The van der Waals surface area contributed by atoms with Gasteiger partial charge in [0.05, 0.1) is 27.7 Å². The van der Waals surface area contributed by atoms with Crippen LogP contribution in [0.3, 0.4) is 0 Å². The number of rotatable bonds is 60. The van der Waals surface area contributed by atoms with E-state index in [2.05, 4.69) is 86.8 Å². The predicted molar refractivity (Wildman–Crippen MR) is 333 cm³/mol. The fourth-order valence-electron chi connectivity index (χ4n) is 9.21. The van der Waals surface area contributed by atoms with Gasteiger partial charge >= 0.3 is 11.9 Å². The Morgan fingerprint density at radius 2 is 0.731 bits per heavy atom. The van der Waals surface area contributed by atoms with E-state index < -0.39 is 26.5 Å². The van der Waals surface area contributed by atoms with E-state index in [-0.39, 0.29) is 32.0 Å². The molecule has 10 heteroatoms. The van der Waals surface area contributed by atoms with Crippen LogP contribution in [0, 0.1) is 0 Å². The van der Waals surface area contributed by atoms with Crippen molar-refractivity contribution in [3.8, 4) is 0 Å². The molecule has 78 heavy (non-hydrogen) atoms. The summed E-state index contributed by atoms with van der Waals surface area (Å²) < 4.78 is 34.2. The Hall–Kier alpha value is -2.55. The highest BCUT2D eigenvalue weighted by Gasteiger charge is 2.22. The van der Waals surface area contributed by atoms with E-state index in [1.165, 1.54) is 193 Å². The zero-order valence-electron chi connectivity index (χ0n) is 51.6. The van der Waals surface area contributed by atoms with E-state index >= 15 is 0 Å². The first kappa shape index (κ1) is 75.5. The summed E-state index contributed by atoms with van der Waals surface area (Å²) in [4.78, 5) is 37.9. The van der Waals surface area contributed by atoms with Gasteiger partial charge in [0.15, 0.2) is 6.10 Å². The maximum atomic E-state index is 12.8. The highest BCUT2D eigenvalue weighted by atomic mass is 31.2. The highest BCUT2D eigenvalue weighted by Crippen LogP contribution is 2.38. The normalized spacial score (nSPS) is 13.7. The van der Waals surface area contributed by atoms with Crippen LogP contribution in [0.25, 0.3) is 0 Å². The Balaban J connectivity index is 4.00. The van der Waals surface area contributed by atoms with E-state index in [1.807, 2.05) is 21.1 Å². The number of unbranched alkanes of at least 4 members (excludes halogenated alkanes) is 34. The fraction of sp³-hybridized carbons (Fsp3) is 0.794. The van der Waals surface area contributed by atoms with E-state index in [9.17, 15) is 19.0 Å². The molecule has 0 saturated carbocycles. The molecular formula is C68H124NO8P. The SMILES string of the molecule is CC/C=C\C/C=C\C/C=C\C/C=C\C/C=C\CCCCCC(=O)OC(COC(=O)CCCCCCCCCCCCCCCCCCCCCCCCC/C=C\CCCCCCCCCC)COP(=O)([O-])OCC[N+](C)(C)C. The van der Waals surface area contributed by atoms with Crippen molar-refractivity contribution in [1.29, 1.82) is 0 Å². The molecule has 0 aromatic rings. The van der Waals surface area contributed by atoms with Gasteiger partial charge in [-0.05, 0) is 83.5 Å². The van der Waals surface area contributed by atoms with E-state index in [4.69, 9.17) is 18.5 Å². The van der Waals surface area contributed by atoms with Gasteiger partial charge in [-0.2, -0.15) is 0 Å². The van der Waals surface area contributed by atoms with Crippen LogP contribution < -0.4 is 4.89 Å². The molecule has 0 radical (unpaired) electrons. The van der Waals surface area contributed by atoms with Gasteiger partial charge in [0.2, 0.25) is 0 Å². The molecule has 9 nitrogen and oxygen atoms in total. The molecule has 0 amide bonds. The molecule has 0 aromatic heterocycles. The van der Waals surface area contributed by atoms with Crippen LogP contribution in [0.1, 0.15) is 296 Å². The van der Waals surface area contributed by atoms with Crippen LogP contribution in [-0.2, 0) is 32.7 Å². The minimum Gasteiger partial charge on any atom is -0.756 e. The van der Waals surface area contributed by atoms with Crippen molar-refractivity contribution in [2.75, 3.05) is 47.5 Å². The fourth-order valence-corrected chi connectivity index (χ4v) is 9.94. The van der Waals surface area contributed by atoms with Crippen LogP contribution in [0.15, 0.2) is 72.9 Å². The van der Waals surface area contributed by atoms with E-state index in [0.29, 0.717) is 17.4 Å². The average molecular weight is 1110 g/mol. The second-order valence-electron chi connectivity index (χ2n) is 23.1. The lowest BCUT2D eigenvalue weighted by Crippen LogP contribution is -2.37. The van der Waals surface area contributed by atoms with Crippen molar-refractivity contribution in [2.45, 2.75) is 302 Å². The lowest BCUT2D eigenvalue weighted by atomic mass is 10.0. The van der Waals surface area contributed by atoms with Gasteiger partial charge in [0, 0.05) is 12.8 Å². The molecule has 0 aliphatic carbocycles. The third-order valence-corrected chi connectivity index (χ3v) is 15.2. The summed E-state index contributed by atoms with van der Waals surface area (Å²) >= 11 is 0. The number of carbonyl (C=O) groups excluding carboxylic acids is 2. The monoisotopic (exact) mass is 1110 g/mol. The number of phosphoric ester groups is 1. The number of hydrogen-bond donors (Lipinski definition) is 0. The molecule has 0 aliphatic heterocycles. The van der Waals surface area contributed by atoms with Gasteiger partial charge in [-0.15, -0.1) is 0 Å². The molecular weight excluding hydrogens is 990 g/mol. The zero-order chi connectivity index (χ0) is 57.0. The van der Waals surface area contributed by atoms with Crippen molar-refractivity contribution in [3.63, 3.8) is 0 Å². The smallest absolute Gasteiger partial charge is 0.306 e. The van der Waals surface area contributed by atoms with Crippen molar-refractivity contribution in [3.05, 3.63) is 72.9 Å². The van der Waals surface area contributed by atoms with Crippen LogP contribution in [0.5, 0.6) is 0 Å². The maximum Gasteiger partial charge on any atom is 0.306 e. The van der Waals surface area contributed by atoms with Crippen LogP contribution in [-0.4, -0.2) is 70.0 Å². The first-order valence-electron chi connectivity index (χ1n) is 32.6. The maximum absolute atomic E-state index is 12.8. The summed E-state index contributed by atoms with van der Waals surface area (Å²) in [5.74, 6) is -0.864. The summed E-state index contributed by atoms with van der Waals surface area (Å²) in [6.45, 7) is 4.11. The number of esters is 2. The van der Waals surface area contributed by atoms with Crippen molar-refractivity contribution in [2.24, 2.45) is 0 Å². The molecule has 0 N–H and O–H groups in total. The molecule has 0 spiro atoms. The molecule has 0 rings (SSSR count). The minimum atomic E-state index is -4.65. The summed E-state index contributed by atoms with van der Waals surface area (Å²) in [6, 6.07) is 0. The number of phosphoric acid groups is 1. The number of nitrogens with zero attached hydrogens (tertiary/aromatic N) is 1. The van der Waals surface area contributed by atoms with Crippen molar-refractivity contribution >= 4 is 19.8 Å². The minimum absolute atomic E-state index is 0.0394. The highest BCUT2D eigenvalue weighted by molar-refractivity contribution is 7.45. The van der Waals surface area contributed by atoms with E-state index in [0.717, 1.165) is 70.6 Å². The molecule has 0 aliphatic rings. The van der Waals surface area contributed by atoms with Crippen LogP contribution >= 0.6 is 7.82 Å². The molecule has 0 aromatic carbocycles. The summed E-state index contributed by atoms with van der Waals surface area (Å²) in [7, 11) is 1.14. The van der Waals surface area contributed by atoms with Crippen molar-refractivity contribution in [1.82, 2.24) is 0 Å². The third kappa shape index (κ3) is 62.6. The second kappa shape index (κ2) is 59.1. The predicted octanol–water partition coefficient (Wildman–Crippen LogP) is 20.2. The number of hydrogen-bond acceptors (Lipinski definition) is 8. The Kier molecular flexibility index (Phi) is 57.2. The van der Waals surface area contributed by atoms with E-state index in [1.54, 1.807) is 0 Å². The Morgan fingerprint density at radius 1 is 0.410 bits per heavy atom. The third-order valence-electron chi connectivity index (χ3n) is 14.2. The molecule has 2 atom stereocenters. The Morgan fingerprint density at radius 3 is 1.12 bits per heavy atom. The Labute approximate surface area is 482 Å². The number of likely N-dealkylation sites (N-methyl/N-ethyl adjacent to an activating group) is 1. The van der Waals surface area contributed by atoms with Crippen LogP contribution in [0.2, 0.25) is 0 Å². The molecule has 0 saturated heterocycles. The van der Waals surface area contributed by atoms with Gasteiger partial charge in [0.25, 0.3) is 7.82 Å².